The van der Waals surface area contributed by atoms with E-state index in [4.69, 9.17) is 14.2 Å². The monoisotopic (exact) mass is 525 g/mol. The van der Waals surface area contributed by atoms with Crippen molar-refractivity contribution in [1.82, 2.24) is 19.7 Å². The van der Waals surface area contributed by atoms with Crippen LogP contribution in [0.5, 0.6) is 11.6 Å². The van der Waals surface area contributed by atoms with Gasteiger partial charge in [-0.05, 0) is 38.3 Å². The normalized spacial score (nSPS) is 14.3. The van der Waals surface area contributed by atoms with Gasteiger partial charge >= 0.3 is 0 Å². The number of aromatic amines is 1. The fourth-order valence-corrected chi connectivity index (χ4v) is 3.70. The number of pyridine rings is 1. The molecule has 2 aromatic heterocycles. The zero-order chi connectivity index (χ0) is 27.5. The zero-order valence-corrected chi connectivity index (χ0v) is 22.2. The minimum absolute atomic E-state index is 0.0504. The number of nitrogens with zero attached hydrogens (tertiary/aromatic N) is 3. The number of hydrogen-bond donors (Lipinski definition) is 2. The van der Waals surface area contributed by atoms with Crippen molar-refractivity contribution in [3.63, 3.8) is 0 Å². The molecule has 11 heteroatoms. The third kappa shape index (κ3) is 8.77. The first-order valence-electron chi connectivity index (χ1n) is 12.4. The number of aromatic nitrogens is 3. The molecule has 1 aliphatic rings. The number of aryl methyl sites for hydroxylation is 2. The Morgan fingerprint density at radius 2 is 2.08 bits per heavy atom. The first-order valence-corrected chi connectivity index (χ1v) is 12.4. The molecule has 11 nitrogen and oxygen atoms in total. The van der Waals surface area contributed by atoms with Gasteiger partial charge in [-0.3, -0.25) is 19.1 Å². The lowest BCUT2D eigenvalue weighted by Gasteiger charge is -2.18. The summed E-state index contributed by atoms with van der Waals surface area (Å²) in [6.45, 7) is 5.63. The number of carbonyl (C=O) groups is 2. The molecule has 3 heterocycles. The Morgan fingerprint density at radius 3 is 2.74 bits per heavy atom. The first kappa shape index (κ1) is 28.5. The van der Waals surface area contributed by atoms with Crippen LogP contribution in [-0.2, 0) is 20.9 Å². The average molecular weight is 526 g/mol. The molecular formula is C27H35N5O6. The van der Waals surface area contributed by atoms with Gasteiger partial charge in [0.1, 0.15) is 25.0 Å². The number of nitrogens with one attached hydrogen (secondary N) is 2. The van der Waals surface area contributed by atoms with Crippen molar-refractivity contribution in [2.24, 2.45) is 0 Å². The van der Waals surface area contributed by atoms with Crippen LogP contribution >= 0.6 is 0 Å². The molecule has 2 amide bonds. The number of likely N-dealkylation sites (N-methyl/N-ethyl adjacent to an activating group) is 1. The quantitative estimate of drug-likeness (QED) is 0.439. The number of hydrogen-bond acceptors (Lipinski definition) is 7. The summed E-state index contributed by atoms with van der Waals surface area (Å²) in [6.07, 6.45) is 5.94. The Bertz CT molecular complexity index is 1260. The predicted octanol–water partition coefficient (Wildman–Crippen LogP) is 2.54. The Hall–Kier alpha value is -4.12. The van der Waals surface area contributed by atoms with Gasteiger partial charge in [0.25, 0.3) is 5.91 Å². The topological polar surface area (TPSA) is 128 Å². The van der Waals surface area contributed by atoms with Crippen LogP contribution in [0.3, 0.4) is 0 Å². The van der Waals surface area contributed by atoms with E-state index >= 15 is 0 Å². The molecule has 1 saturated heterocycles. The maximum absolute atomic E-state index is 12.4. The Balaban J connectivity index is 0.000000375. The molecular weight excluding hydrogens is 490 g/mol. The maximum Gasteiger partial charge on any atom is 0.253 e. The van der Waals surface area contributed by atoms with Gasteiger partial charge in [-0.25, -0.2) is 0 Å². The number of H-pyrrole nitrogens is 1. The third-order valence-electron chi connectivity index (χ3n) is 5.83. The first-order chi connectivity index (χ1) is 18.2. The lowest BCUT2D eigenvalue weighted by molar-refractivity contribution is -0.131. The van der Waals surface area contributed by atoms with E-state index in [9.17, 15) is 14.4 Å². The maximum atomic E-state index is 12.4. The van der Waals surface area contributed by atoms with Gasteiger partial charge in [-0.15, -0.1) is 0 Å². The molecule has 0 saturated carbocycles. The zero-order valence-electron chi connectivity index (χ0n) is 22.2. The van der Waals surface area contributed by atoms with E-state index in [1.807, 2.05) is 26.0 Å². The molecule has 2 N–H and O–H groups in total. The van der Waals surface area contributed by atoms with Crippen LogP contribution in [0.15, 0.2) is 53.7 Å². The van der Waals surface area contributed by atoms with Gasteiger partial charge in [-0.2, -0.15) is 5.10 Å². The summed E-state index contributed by atoms with van der Waals surface area (Å²) < 4.78 is 17.4. The molecule has 0 spiro atoms. The number of carbonyl (C=O) groups excluding carboxylic acids is 2. The minimum atomic E-state index is -0.400. The molecule has 1 unspecified atom stereocenters. The summed E-state index contributed by atoms with van der Waals surface area (Å²) in [7, 11) is 3.24. The number of methoxy groups -OCH3 is 1. The highest BCUT2D eigenvalue weighted by Gasteiger charge is 2.24. The molecule has 1 aromatic carbocycles. The molecule has 204 valence electrons. The number of benzene rings is 1. The highest BCUT2D eigenvalue weighted by Crippen LogP contribution is 2.18. The molecule has 0 aliphatic carbocycles. The summed E-state index contributed by atoms with van der Waals surface area (Å²) in [4.78, 5) is 39.4. The van der Waals surface area contributed by atoms with Crippen LogP contribution < -0.4 is 20.2 Å². The number of amides is 2. The van der Waals surface area contributed by atoms with E-state index in [0.29, 0.717) is 31.3 Å². The van der Waals surface area contributed by atoms with Gasteiger partial charge in [0.2, 0.25) is 5.91 Å². The SMILES string of the molecule is COc1cc(=O)cc[nH]1.Cc1ccc(OCCN(C)C(=O)Cn2cc(NC(=O)C3CCCO3)cn2)c(C)c1. The fourth-order valence-electron chi connectivity index (χ4n) is 3.70. The van der Waals surface area contributed by atoms with Crippen LogP contribution in [-0.4, -0.2) is 71.5 Å². The highest BCUT2D eigenvalue weighted by molar-refractivity contribution is 5.94. The average Bonchev–Trinajstić information content (AvgIpc) is 3.58. The van der Waals surface area contributed by atoms with Crippen molar-refractivity contribution in [3.05, 3.63) is 70.3 Å². The van der Waals surface area contributed by atoms with Crippen molar-refractivity contribution in [2.45, 2.75) is 39.3 Å². The Morgan fingerprint density at radius 1 is 1.26 bits per heavy atom. The van der Waals surface area contributed by atoms with Crippen molar-refractivity contribution in [2.75, 3.05) is 39.2 Å². The Kier molecular flexibility index (Phi) is 10.5. The summed E-state index contributed by atoms with van der Waals surface area (Å²) in [5.41, 5.74) is 2.77. The lowest BCUT2D eigenvalue weighted by Crippen LogP contribution is -2.33. The highest BCUT2D eigenvalue weighted by atomic mass is 16.5. The minimum Gasteiger partial charge on any atom is -0.491 e. The van der Waals surface area contributed by atoms with Crippen LogP contribution in [0, 0.1) is 13.8 Å². The largest absolute Gasteiger partial charge is 0.491 e. The van der Waals surface area contributed by atoms with Crippen LogP contribution in [0.2, 0.25) is 0 Å². The van der Waals surface area contributed by atoms with Crippen LogP contribution in [0.1, 0.15) is 24.0 Å². The van der Waals surface area contributed by atoms with Crippen molar-refractivity contribution < 1.29 is 23.8 Å². The lowest BCUT2D eigenvalue weighted by atomic mass is 10.1. The molecule has 38 heavy (non-hydrogen) atoms. The van der Waals surface area contributed by atoms with E-state index in [1.165, 1.54) is 35.7 Å². The molecule has 3 aromatic rings. The summed E-state index contributed by atoms with van der Waals surface area (Å²) in [5, 5.41) is 6.92. The second-order valence-electron chi connectivity index (χ2n) is 8.94. The Labute approximate surface area is 221 Å². The summed E-state index contributed by atoms with van der Waals surface area (Å²) in [6, 6.07) is 8.84. The molecule has 0 bridgehead atoms. The van der Waals surface area contributed by atoms with E-state index in [1.54, 1.807) is 24.3 Å². The van der Waals surface area contributed by atoms with E-state index < -0.39 is 6.10 Å². The fraction of sp³-hybridized carbons (Fsp3) is 0.407. The second-order valence-corrected chi connectivity index (χ2v) is 8.94. The van der Waals surface area contributed by atoms with Crippen LogP contribution in [0.25, 0.3) is 0 Å². The van der Waals surface area contributed by atoms with Gasteiger partial charge < -0.3 is 29.4 Å². The number of rotatable bonds is 9. The van der Waals surface area contributed by atoms with E-state index in [-0.39, 0.29) is 23.8 Å². The van der Waals surface area contributed by atoms with Gasteiger partial charge in [0.05, 0.1) is 25.5 Å². The number of ether oxygens (including phenoxy) is 3. The molecule has 1 aliphatic heterocycles. The van der Waals surface area contributed by atoms with Crippen molar-refractivity contribution in [1.29, 1.82) is 0 Å². The molecule has 1 atom stereocenters. The van der Waals surface area contributed by atoms with E-state index in [2.05, 4.69) is 21.5 Å². The summed E-state index contributed by atoms with van der Waals surface area (Å²) in [5.74, 6) is 1.06. The second kappa shape index (κ2) is 14.0. The standard InChI is InChI=1S/C21H28N4O4.C6H7NO2/c1-15-6-7-18(16(2)11-15)29-10-8-24(3)20(26)14-25-13-17(12-22-25)23-21(27)19-5-4-9-28-19;1-9-6-4-5(8)2-3-7-6/h6-7,11-13,19H,4-5,8-10,14H2,1-3H3,(H,23,27);2-4H,1H3,(H,7,8). The summed E-state index contributed by atoms with van der Waals surface area (Å²) >= 11 is 0. The third-order valence-corrected chi connectivity index (χ3v) is 5.83. The molecule has 0 radical (unpaired) electrons. The van der Waals surface area contributed by atoms with Crippen molar-refractivity contribution in [3.8, 4) is 11.6 Å². The van der Waals surface area contributed by atoms with Gasteiger partial charge in [-0.1, -0.05) is 17.7 Å². The predicted molar refractivity (Wildman–Crippen MR) is 142 cm³/mol. The molecule has 1 fully saturated rings. The van der Waals surface area contributed by atoms with Crippen LogP contribution in [0.4, 0.5) is 5.69 Å². The molecule has 4 rings (SSSR count). The van der Waals surface area contributed by atoms with Crippen molar-refractivity contribution >= 4 is 17.5 Å². The number of anilines is 1. The smallest absolute Gasteiger partial charge is 0.253 e. The van der Waals surface area contributed by atoms with Gasteiger partial charge in [0.15, 0.2) is 11.3 Å². The van der Waals surface area contributed by atoms with E-state index in [0.717, 1.165) is 24.2 Å². The van der Waals surface area contributed by atoms with Gasteiger partial charge in [0, 0.05) is 38.2 Å².